The summed E-state index contributed by atoms with van der Waals surface area (Å²) in [5.74, 6) is -0.908. The predicted molar refractivity (Wildman–Crippen MR) is 79.0 cm³/mol. The summed E-state index contributed by atoms with van der Waals surface area (Å²) in [6.07, 6.45) is 0.354. The van der Waals surface area contributed by atoms with Crippen LogP contribution in [0.5, 0.6) is 0 Å². The topological polar surface area (TPSA) is 93.4 Å². The average Bonchev–Trinajstić information content (AvgIpc) is 2.45. The van der Waals surface area contributed by atoms with Gasteiger partial charge in [-0.3, -0.25) is 4.90 Å². The maximum atomic E-state index is 12.1. The quantitative estimate of drug-likeness (QED) is 0.869. The number of hydrogen-bond donors (Lipinski definition) is 2. The van der Waals surface area contributed by atoms with Gasteiger partial charge in [-0.2, -0.15) is 5.26 Å². The minimum atomic E-state index is -1.06. The lowest BCUT2D eigenvalue weighted by atomic mass is 10.0. The number of urea groups is 1. The van der Waals surface area contributed by atoms with Crippen LogP contribution in [0.4, 0.5) is 10.5 Å². The molecule has 0 fully saturated rings. The second-order valence-electron chi connectivity index (χ2n) is 5.19. The van der Waals surface area contributed by atoms with Crippen molar-refractivity contribution in [3.05, 3.63) is 29.8 Å². The Labute approximate surface area is 124 Å². The van der Waals surface area contributed by atoms with Gasteiger partial charge >= 0.3 is 12.0 Å². The Hall–Kier alpha value is -2.55. The van der Waals surface area contributed by atoms with Crippen molar-refractivity contribution in [3.8, 4) is 6.07 Å². The van der Waals surface area contributed by atoms with Crippen LogP contribution in [0.3, 0.4) is 0 Å². The van der Waals surface area contributed by atoms with E-state index in [0.717, 1.165) is 0 Å². The number of hydrogen-bond acceptors (Lipinski definition) is 3. The minimum Gasteiger partial charge on any atom is -0.480 e. The molecule has 0 aliphatic rings. The Morgan fingerprint density at radius 3 is 2.62 bits per heavy atom. The molecule has 6 nitrogen and oxygen atoms in total. The van der Waals surface area contributed by atoms with E-state index in [2.05, 4.69) is 5.32 Å². The Morgan fingerprint density at radius 1 is 1.43 bits per heavy atom. The van der Waals surface area contributed by atoms with Gasteiger partial charge in [0.2, 0.25) is 0 Å². The molecule has 0 radical (unpaired) electrons. The maximum Gasteiger partial charge on any atom is 0.326 e. The van der Waals surface area contributed by atoms with E-state index in [1.807, 2.05) is 19.9 Å². The fourth-order valence-corrected chi connectivity index (χ4v) is 1.84. The van der Waals surface area contributed by atoms with Crippen LogP contribution in [-0.2, 0) is 4.79 Å². The number of nitriles is 1. The molecule has 1 unspecified atom stereocenters. The van der Waals surface area contributed by atoms with Crippen LogP contribution in [0.2, 0.25) is 0 Å². The number of aliphatic carboxylic acids is 1. The molecule has 0 heterocycles. The Balaban J connectivity index is 2.81. The molecule has 2 amide bonds. The molecular formula is C15H19N3O3. The van der Waals surface area contributed by atoms with Gasteiger partial charge in [0, 0.05) is 12.7 Å². The van der Waals surface area contributed by atoms with Gasteiger partial charge in [-0.25, -0.2) is 9.59 Å². The van der Waals surface area contributed by atoms with Crippen LogP contribution >= 0.6 is 0 Å². The number of benzene rings is 1. The Kier molecular flexibility index (Phi) is 5.73. The summed E-state index contributed by atoms with van der Waals surface area (Å²) in [6.45, 7) is 3.78. The smallest absolute Gasteiger partial charge is 0.326 e. The van der Waals surface area contributed by atoms with Crippen LogP contribution < -0.4 is 10.2 Å². The van der Waals surface area contributed by atoms with E-state index in [9.17, 15) is 9.59 Å². The lowest BCUT2D eigenvalue weighted by Crippen LogP contribution is -2.47. The second kappa shape index (κ2) is 7.29. The van der Waals surface area contributed by atoms with Crippen LogP contribution in [0.25, 0.3) is 0 Å². The van der Waals surface area contributed by atoms with Crippen molar-refractivity contribution in [1.29, 1.82) is 5.26 Å². The fraction of sp³-hybridized carbons (Fsp3) is 0.400. The lowest BCUT2D eigenvalue weighted by Gasteiger charge is -2.22. The van der Waals surface area contributed by atoms with Gasteiger partial charge in [-0.15, -0.1) is 0 Å². The summed E-state index contributed by atoms with van der Waals surface area (Å²) in [5, 5.41) is 20.5. The van der Waals surface area contributed by atoms with E-state index in [0.29, 0.717) is 17.7 Å². The Bertz CT molecular complexity index is 564. The van der Waals surface area contributed by atoms with Gasteiger partial charge in [0.25, 0.3) is 0 Å². The van der Waals surface area contributed by atoms with E-state index in [-0.39, 0.29) is 5.92 Å². The molecule has 21 heavy (non-hydrogen) atoms. The third kappa shape index (κ3) is 4.80. The normalized spacial score (nSPS) is 11.6. The van der Waals surface area contributed by atoms with E-state index < -0.39 is 18.0 Å². The molecule has 1 aromatic carbocycles. The lowest BCUT2D eigenvalue weighted by molar-refractivity contribution is -0.139. The highest BCUT2D eigenvalue weighted by Gasteiger charge is 2.23. The standard InChI is InChI=1S/C15H19N3O3/c1-10(2)7-13(14(19)20)17-15(21)18(3)12-6-4-5-11(8-12)9-16/h4-6,8,10,13H,7H2,1-3H3,(H,17,21)(H,19,20). The molecule has 1 aromatic rings. The van der Waals surface area contributed by atoms with Crippen molar-refractivity contribution in [3.63, 3.8) is 0 Å². The molecule has 1 atom stereocenters. The number of carboxylic acids is 1. The zero-order valence-corrected chi connectivity index (χ0v) is 12.3. The number of anilines is 1. The van der Waals surface area contributed by atoms with Gasteiger partial charge in [-0.05, 0) is 30.5 Å². The maximum absolute atomic E-state index is 12.1. The van der Waals surface area contributed by atoms with Crippen molar-refractivity contribution in [1.82, 2.24) is 5.32 Å². The van der Waals surface area contributed by atoms with E-state index in [1.165, 1.54) is 11.9 Å². The van der Waals surface area contributed by atoms with Crippen molar-refractivity contribution in [2.75, 3.05) is 11.9 Å². The molecule has 0 spiro atoms. The number of nitrogens with zero attached hydrogens (tertiary/aromatic N) is 2. The molecule has 0 saturated carbocycles. The van der Waals surface area contributed by atoms with Crippen LogP contribution in [-0.4, -0.2) is 30.2 Å². The predicted octanol–water partition coefficient (Wildman–Crippen LogP) is 2.20. The van der Waals surface area contributed by atoms with Gasteiger partial charge in [0.1, 0.15) is 6.04 Å². The summed E-state index contributed by atoms with van der Waals surface area (Å²) in [7, 11) is 1.53. The van der Waals surface area contributed by atoms with Crippen molar-refractivity contribution in [2.24, 2.45) is 5.92 Å². The molecule has 0 aliphatic carbocycles. The molecule has 112 valence electrons. The first-order valence-electron chi connectivity index (χ1n) is 6.62. The van der Waals surface area contributed by atoms with Gasteiger partial charge in [-0.1, -0.05) is 19.9 Å². The number of nitrogens with one attached hydrogen (secondary N) is 1. The summed E-state index contributed by atoms with van der Waals surface area (Å²) < 4.78 is 0. The first-order valence-corrected chi connectivity index (χ1v) is 6.62. The molecule has 6 heteroatoms. The molecule has 0 aromatic heterocycles. The Morgan fingerprint density at radius 2 is 2.10 bits per heavy atom. The number of carbonyl (C=O) groups excluding carboxylic acids is 1. The number of carbonyl (C=O) groups is 2. The van der Waals surface area contributed by atoms with E-state index in [4.69, 9.17) is 10.4 Å². The molecule has 0 bridgehead atoms. The largest absolute Gasteiger partial charge is 0.480 e. The van der Waals surface area contributed by atoms with E-state index >= 15 is 0 Å². The molecule has 0 saturated heterocycles. The van der Waals surface area contributed by atoms with E-state index in [1.54, 1.807) is 24.3 Å². The van der Waals surface area contributed by atoms with Crippen molar-refractivity contribution >= 4 is 17.7 Å². The zero-order valence-electron chi connectivity index (χ0n) is 12.3. The number of carboxylic acid groups (broad SMARTS) is 1. The highest BCUT2D eigenvalue weighted by Crippen LogP contribution is 2.15. The molecule has 2 N–H and O–H groups in total. The van der Waals surface area contributed by atoms with Crippen molar-refractivity contribution in [2.45, 2.75) is 26.3 Å². The highest BCUT2D eigenvalue weighted by atomic mass is 16.4. The summed E-state index contributed by atoms with van der Waals surface area (Å²) in [6, 6.07) is 7.09. The fourth-order valence-electron chi connectivity index (χ4n) is 1.84. The van der Waals surface area contributed by atoms with Crippen molar-refractivity contribution < 1.29 is 14.7 Å². The van der Waals surface area contributed by atoms with Crippen LogP contribution in [0.1, 0.15) is 25.8 Å². The highest BCUT2D eigenvalue weighted by molar-refractivity contribution is 5.94. The SMILES string of the molecule is CC(C)CC(NC(=O)N(C)c1cccc(C#N)c1)C(=O)O. The monoisotopic (exact) mass is 289 g/mol. The van der Waals surface area contributed by atoms with Gasteiger partial charge in [0.15, 0.2) is 0 Å². The minimum absolute atomic E-state index is 0.152. The summed E-state index contributed by atoms with van der Waals surface area (Å²) >= 11 is 0. The average molecular weight is 289 g/mol. The summed E-state index contributed by atoms with van der Waals surface area (Å²) in [5.41, 5.74) is 0.962. The van der Waals surface area contributed by atoms with Crippen LogP contribution in [0.15, 0.2) is 24.3 Å². The molecular weight excluding hydrogens is 270 g/mol. The first kappa shape index (κ1) is 16.5. The van der Waals surface area contributed by atoms with Crippen LogP contribution in [0, 0.1) is 17.2 Å². The number of rotatable bonds is 5. The summed E-state index contributed by atoms with van der Waals surface area (Å²) in [4.78, 5) is 24.6. The second-order valence-corrected chi connectivity index (χ2v) is 5.19. The third-order valence-electron chi connectivity index (χ3n) is 2.97. The number of amides is 2. The molecule has 0 aliphatic heterocycles. The third-order valence-corrected chi connectivity index (χ3v) is 2.97. The molecule has 1 rings (SSSR count). The van der Waals surface area contributed by atoms with Gasteiger partial charge in [0.05, 0.1) is 11.6 Å². The first-order chi connectivity index (χ1) is 9.85. The van der Waals surface area contributed by atoms with Gasteiger partial charge < -0.3 is 10.4 Å². The zero-order chi connectivity index (χ0) is 16.0.